The molecule has 31 heavy (non-hydrogen) atoms. The molecule has 1 aromatic carbocycles. The largest absolute Gasteiger partial charge is 0.493 e. The summed E-state index contributed by atoms with van der Waals surface area (Å²) < 4.78 is 11.4. The van der Waals surface area contributed by atoms with Crippen LogP contribution in [0.25, 0.3) is 0 Å². The second-order valence-electron chi connectivity index (χ2n) is 8.92. The molecule has 0 N–H and O–H groups in total. The van der Waals surface area contributed by atoms with Crippen molar-refractivity contribution in [2.45, 2.75) is 59.2 Å². The van der Waals surface area contributed by atoms with Crippen LogP contribution in [0.4, 0.5) is 5.95 Å². The van der Waals surface area contributed by atoms with Gasteiger partial charge in [0.05, 0.1) is 18.9 Å². The Morgan fingerprint density at radius 2 is 1.90 bits per heavy atom. The van der Waals surface area contributed by atoms with Crippen LogP contribution in [0.3, 0.4) is 0 Å². The fraction of sp³-hybridized carbons (Fsp3) is 0.583. The predicted molar refractivity (Wildman–Crippen MR) is 126 cm³/mol. The third kappa shape index (κ3) is 5.80. The molecule has 1 saturated heterocycles. The van der Waals surface area contributed by atoms with Crippen LogP contribution in [-0.4, -0.2) is 47.7 Å². The van der Waals surface area contributed by atoms with Crippen LogP contribution in [0.1, 0.15) is 50.4 Å². The van der Waals surface area contributed by atoms with E-state index in [9.17, 15) is 0 Å². The Hall–Kier alpha value is -2.05. The Labute approximate surface area is 192 Å². The molecular formula is C24H35ClN4O2. The number of methoxy groups -OCH3 is 1. The zero-order chi connectivity index (χ0) is 21.1. The summed E-state index contributed by atoms with van der Waals surface area (Å²) >= 11 is 0. The monoisotopic (exact) mass is 446 g/mol. The number of hydrogen-bond donors (Lipinski definition) is 0. The van der Waals surface area contributed by atoms with Crippen molar-refractivity contribution in [2.24, 2.45) is 5.92 Å². The van der Waals surface area contributed by atoms with Crippen LogP contribution < -0.4 is 14.4 Å². The van der Waals surface area contributed by atoms with Gasteiger partial charge in [-0.3, -0.25) is 4.90 Å². The number of benzene rings is 1. The minimum absolute atomic E-state index is 0. The molecule has 0 saturated carbocycles. The standard InChI is InChI=1S/C24H34N4O2.ClH/c1-17(2)30-22-6-5-19(13-23(22)29-4)15-27-10-9-21-20(16-27)14-25-24(26-21)28-11-7-18(3)8-12-28;/h5-6,13-14,17-18H,7-12,15-16H2,1-4H3;1H. The van der Waals surface area contributed by atoms with E-state index in [0.717, 1.165) is 62.5 Å². The molecule has 6 nitrogen and oxygen atoms in total. The van der Waals surface area contributed by atoms with Gasteiger partial charge in [0.2, 0.25) is 5.95 Å². The van der Waals surface area contributed by atoms with E-state index in [-0.39, 0.29) is 18.5 Å². The lowest BCUT2D eigenvalue weighted by Crippen LogP contribution is -2.35. The normalized spacial score (nSPS) is 17.3. The van der Waals surface area contributed by atoms with Crippen molar-refractivity contribution in [1.29, 1.82) is 0 Å². The first kappa shape index (κ1) is 23.6. The van der Waals surface area contributed by atoms with Gasteiger partial charge in [0.25, 0.3) is 0 Å². The van der Waals surface area contributed by atoms with Crippen LogP contribution in [0, 0.1) is 5.92 Å². The van der Waals surface area contributed by atoms with Gasteiger partial charge in [0.15, 0.2) is 11.5 Å². The molecule has 4 rings (SSSR count). The smallest absolute Gasteiger partial charge is 0.225 e. The topological polar surface area (TPSA) is 50.7 Å². The highest BCUT2D eigenvalue weighted by atomic mass is 35.5. The van der Waals surface area contributed by atoms with E-state index in [4.69, 9.17) is 19.4 Å². The molecular weight excluding hydrogens is 412 g/mol. The van der Waals surface area contributed by atoms with Gasteiger partial charge >= 0.3 is 0 Å². The van der Waals surface area contributed by atoms with E-state index in [2.05, 4.69) is 28.9 Å². The number of anilines is 1. The molecule has 0 unspecified atom stereocenters. The zero-order valence-corrected chi connectivity index (χ0v) is 20.0. The molecule has 2 aliphatic rings. The van der Waals surface area contributed by atoms with Crippen molar-refractivity contribution in [3.63, 3.8) is 0 Å². The van der Waals surface area contributed by atoms with Gasteiger partial charge in [-0.15, -0.1) is 12.4 Å². The molecule has 0 bridgehead atoms. The first-order valence-corrected chi connectivity index (χ1v) is 11.2. The minimum atomic E-state index is 0. The lowest BCUT2D eigenvalue weighted by molar-refractivity contribution is 0.228. The highest BCUT2D eigenvalue weighted by Crippen LogP contribution is 2.30. The molecule has 2 aliphatic heterocycles. The van der Waals surface area contributed by atoms with Gasteiger partial charge in [-0.1, -0.05) is 13.0 Å². The first-order valence-electron chi connectivity index (χ1n) is 11.2. The number of nitrogens with zero attached hydrogens (tertiary/aromatic N) is 4. The average Bonchev–Trinajstić information content (AvgIpc) is 2.74. The van der Waals surface area contributed by atoms with E-state index in [1.54, 1.807) is 7.11 Å². The number of piperidine rings is 1. The zero-order valence-electron chi connectivity index (χ0n) is 19.1. The second kappa shape index (κ2) is 10.5. The van der Waals surface area contributed by atoms with Crippen molar-refractivity contribution < 1.29 is 9.47 Å². The van der Waals surface area contributed by atoms with Crippen LogP contribution in [0.5, 0.6) is 11.5 Å². The summed E-state index contributed by atoms with van der Waals surface area (Å²) in [6.07, 6.45) is 5.61. The Bertz CT molecular complexity index is 869. The summed E-state index contributed by atoms with van der Waals surface area (Å²) in [7, 11) is 1.70. The average molecular weight is 447 g/mol. The van der Waals surface area contributed by atoms with Crippen LogP contribution >= 0.6 is 12.4 Å². The number of aromatic nitrogens is 2. The van der Waals surface area contributed by atoms with Crippen LogP contribution in [0.15, 0.2) is 24.4 Å². The number of ether oxygens (including phenoxy) is 2. The Morgan fingerprint density at radius 1 is 1.13 bits per heavy atom. The fourth-order valence-electron chi connectivity index (χ4n) is 4.28. The maximum absolute atomic E-state index is 5.84. The predicted octanol–water partition coefficient (Wildman–Crippen LogP) is 4.49. The Morgan fingerprint density at radius 3 is 2.61 bits per heavy atom. The van der Waals surface area contributed by atoms with Crippen LogP contribution in [-0.2, 0) is 19.5 Å². The highest BCUT2D eigenvalue weighted by Gasteiger charge is 2.22. The Balaban J connectivity index is 0.00000272. The third-order valence-corrected chi connectivity index (χ3v) is 6.06. The molecule has 3 heterocycles. The summed E-state index contributed by atoms with van der Waals surface area (Å²) in [5.41, 5.74) is 3.70. The molecule has 0 aliphatic carbocycles. The summed E-state index contributed by atoms with van der Waals surface area (Å²) in [6, 6.07) is 6.23. The first-order chi connectivity index (χ1) is 14.5. The van der Waals surface area contributed by atoms with Crippen molar-refractivity contribution in [1.82, 2.24) is 14.9 Å². The molecule has 0 spiro atoms. The number of rotatable bonds is 6. The van der Waals surface area contributed by atoms with Crippen molar-refractivity contribution in [2.75, 3.05) is 31.6 Å². The van der Waals surface area contributed by atoms with Gasteiger partial charge < -0.3 is 14.4 Å². The lowest BCUT2D eigenvalue weighted by atomic mass is 9.99. The van der Waals surface area contributed by atoms with Crippen molar-refractivity contribution in [3.8, 4) is 11.5 Å². The summed E-state index contributed by atoms with van der Waals surface area (Å²) in [5, 5.41) is 0. The fourth-order valence-corrected chi connectivity index (χ4v) is 4.28. The van der Waals surface area contributed by atoms with Gasteiger partial charge in [-0.2, -0.15) is 0 Å². The van der Waals surface area contributed by atoms with E-state index < -0.39 is 0 Å². The van der Waals surface area contributed by atoms with Gasteiger partial charge in [-0.05, 0) is 50.3 Å². The molecule has 1 aromatic heterocycles. The number of hydrogen-bond acceptors (Lipinski definition) is 6. The van der Waals surface area contributed by atoms with E-state index >= 15 is 0 Å². The molecule has 7 heteroatoms. The van der Waals surface area contributed by atoms with Gasteiger partial charge in [0, 0.05) is 50.9 Å². The summed E-state index contributed by atoms with van der Waals surface area (Å²) in [6.45, 7) is 11.3. The summed E-state index contributed by atoms with van der Waals surface area (Å²) in [4.78, 5) is 14.4. The van der Waals surface area contributed by atoms with Crippen LogP contribution in [0.2, 0.25) is 0 Å². The quantitative estimate of drug-likeness (QED) is 0.651. The maximum atomic E-state index is 5.84. The van der Waals surface area contributed by atoms with Crippen molar-refractivity contribution >= 4 is 18.4 Å². The SMILES string of the molecule is COc1cc(CN2CCc3nc(N4CCC(C)CC4)ncc3C2)ccc1OC(C)C.Cl. The third-order valence-electron chi connectivity index (χ3n) is 6.06. The van der Waals surface area contributed by atoms with Gasteiger partial charge in [-0.25, -0.2) is 9.97 Å². The highest BCUT2D eigenvalue weighted by molar-refractivity contribution is 5.85. The second-order valence-corrected chi connectivity index (χ2v) is 8.92. The Kier molecular flexibility index (Phi) is 8.00. The van der Waals surface area contributed by atoms with Gasteiger partial charge in [0.1, 0.15) is 0 Å². The molecule has 0 atom stereocenters. The lowest BCUT2D eigenvalue weighted by Gasteiger charge is -2.32. The number of fused-ring (bicyclic) bond motifs is 1. The molecule has 0 amide bonds. The molecule has 2 aromatic rings. The van der Waals surface area contributed by atoms with E-state index in [1.165, 1.54) is 29.7 Å². The minimum Gasteiger partial charge on any atom is -0.493 e. The maximum Gasteiger partial charge on any atom is 0.225 e. The molecule has 1 fully saturated rings. The van der Waals surface area contributed by atoms with E-state index in [0.29, 0.717) is 0 Å². The van der Waals surface area contributed by atoms with Crippen molar-refractivity contribution in [3.05, 3.63) is 41.2 Å². The molecule has 170 valence electrons. The number of halogens is 1. The molecule has 0 radical (unpaired) electrons. The summed E-state index contributed by atoms with van der Waals surface area (Å²) in [5.74, 6) is 3.33. The van der Waals surface area contributed by atoms with E-state index in [1.807, 2.05) is 26.1 Å².